The maximum atomic E-state index is 13.6. The fourth-order valence-electron chi connectivity index (χ4n) is 2.06. The standard InChI is InChI=1S/C14H22ClFN2O2/c1-19-7-5-18(6-8-20-2)14(10-17)11-3-4-12(15)13(16)9-11/h3-4,9,14H,5-8,10,17H2,1-2H3. The molecule has 0 aliphatic rings. The van der Waals surface area contributed by atoms with Crippen LogP contribution in [0.25, 0.3) is 0 Å². The Morgan fingerprint density at radius 3 is 2.30 bits per heavy atom. The highest BCUT2D eigenvalue weighted by atomic mass is 35.5. The molecule has 0 radical (unpaired) electrons. The molecule has 0 saturated heterocycles. The second-order valence-corrected chi connectivity index (χ2v) is 4.85. The van der Waals surface area contributed by atoms with E-state index in [4.69, 9.17) is 26.8 Å². The normalized spacial score (nSPS) is 12.9. The smallest absolute Gasteiger partial charge is 0.142 e. The molecular weight excluding hydrogens is 283 g/mol. The van der Waals surface area contributed by atoms with Crippen LogP contribution >= 0.6 is 11.6 Å². The molecule has 1 aromatic carbocycles. The molecule has 0 amide bonds. The highest BCUT2D eigenvalue weighted by molar-refractivity contribution is 6.30. The summed E-state index contributed by atoms with van der Waals surface area (Å²) in [6, 6.07) is 4.70. The summed E-state index contributed by atoms with van der Waals surface area (Å²) in [6.45, 7) is 2.94. The maximum Gasteiger partial charge on any atom is 0.142 e. The molecule has 0 aliphatic carbocycles. The predicted octanol–water partition coefficient (Wildman–Crippen LogP) is 2.07. The van der Waals surface area contributed by atoms with Crippen molar-refractivity contribution in [3.05, 3.63) is 34.6 Å². The van der Waals surface area contributed by atoms with Crippen molar-refractivity contribution in [3.8, 4) is 0 Å². The van der Waals surface area contributed by atoms with Gasteiger partial charge in [-0.2, -0.15) is 0 Å². The molecule has 1 aromatic rings. The molecular formula is C14H22ClFN2O2. The van der Waals surface area contributed by atoms with E-state index in [1.54, 1.807) is 26.4 Å². The molecule has 2 N–H and O–H groups in total. The fraction of sp³-hybridized carbons (Fsp3) is 0.571. The number of benzene rings is 1. The van der Waals surface area contributed by atoms with Gasteiger partial charge in [0.15, 0.2) is 0 Å². The van der Waals surface area contributed by atoms with Crippen LogP contribution < -0.4 is 5.73 Å². The highest BCUT2D eigenvalue weighted by Crippen LogP contribution is 2.23. The second kappa shape index (κ2) is 9.26. The molecule has 114 valence electrons. The summed E-state index contributed by atoms with van der Waals surface area (Å²) in [4.78, 5) is 2.12. The largest absolute Gasteiger partial charge is 0.383 e. The summed E-state index contributed by atoms with van der Waals surface area (Å²) in [5.41, 5.74) is 6.67. The van der Waals surface area contributed by atoms with Crippen molar-refractivity contribution in [2.75, 3.05) is 47.1 Å². The van der Waals surface area contributed by atoms with Gasteiger partial charge in [-0.05, 0) is 17.7 Å². The first kappa shape index (κ1) is 17.3. The Morgan fingerprint density at radius 2 is 1.85 bits per heavy atom. The van der Waals surface area contributed by atoms with Crippen LogP contribution in [0, 0.1) is 5.82 Å². The first-order chi connectivity index (χ1) is 9.63. The van der Waals surface area contributed by atoms with Crippen molar-refractivity contribution in [1.29, 1.82) is 0 Å². The third-order valence-electron chi connectivity index (χ3n) is 3.16. The van der Waals surface area contributed by atoms with Crippen molar-refractivity contribution in [3.63, 3.8) is 0 Å². The van der Waals surface area contributed by atoms with Gasteiger partial charge in [-0.15, -0.1) is 0 Å². The van der Waals surface area contributed by atoms with Crippen LogP contribution in [-0.2, 0) is 9.47 Å². The Labute approximate surface area is 124 Å². The number of nitrogens with zero attached hydrogens (tertiary/aromatic N) is 1. The lowest BCUT2D eigenvalue weighted by Crippen LogP contribution is -2.38. The Bertz CT molecular complexity index is 399. The van der Waals surface area contributed by atoms with Crippen LogP contribution in [-0.4, -0.2) is 52.0 Å². The van der Waals surface area contributed by atoms with Gasteiger partial charge in [-0.25, -0.2) is 4.39 Å². The molecule has 0 aliphatic heterocycles. The van der Waals surface area contributed by atoms with Gasteiger partial charge in [0.2, 0.25) is 0 Å². The molecule has 4 nitrogen and oxygen atoms in total. The molecule has 0 saturated carbocycles. The van der Waals surface area contributed by atoms with Gasteiger partial charge in [0.05, 0.1) is 18.2 Å². The summed E-state index contributed by atoms with van der Waals surface area (Å²) in [5.74, 6) is -0.430. The van der Waals surface area contributed by atoms with E-state index in [2.05, 4.69) is 4.90 Å². The van der Waals surface area contributed by atoms with E-state index in [9.17, 15) is 4.39 Å². The zero-order chi connectivity index (χ0) is 15.0. The second-order valence-electron chi connectivity index (χ2n) is 4.45. The third kappa shape index (κ3) is 5.00. The molecule has 0 fully saturated rings. The van der Waals surface area contributed by atoms with E-state index in [1.807, 2.05) is 0 Å². The fourth-order valence-corrected chi connectivity index (χ4v) is 2.17. The average molecular weight is 305 g/mol. The van der Waals surface area contributed by atoms with Crippen LogP contribution in [0.3, 0.4) is 0 Å². The summed E-state index contributed by atoms with van der Waals surface area (Å²) >= 11 is 5.72. The first-order valence-electron chi connectivity index (χ1n) is 6.51. The zero-order valence-electron chi connectivity index (χ0n) is 11.9. The first-order valence-corrected chi connectivity index (χ1v) is 6.88. The number of halogens is 2. The predicted molar refractivity (Wildman–Crippen MR) is 78.5 cm³/mol. The Balaban J connectivity index is 2.88. The highest BCUT2D eigenvalue weighted by Gasteiger charge is 2.19. The lowest BCUT2D eigenvalue weighted by Gasteiger charge is -2.31. The number of ether oxygens (including phenoxy) is 2. The van der Waals surface area contributed by atoms with Gasteiger partial charge in [0.1, 0.15) is 5.82 Å². The monoisotopic (exact) mass is 304 g/mol. The Kier molecular flexibility index (Phi) is 8.02. The maximum absolute atomic E-state index is 13.6. The van der Waals surface area contributed by atoms with E-state index < -0.39 is 5.82 Å². The number of nitrogens with two attached hydrogens (primary N) is 1. The summed E-state index contributed by atoms with van der Waals surface area (Å²) in [6.07, 6.45) is 0. The molecule has 0 bridgehead atoms. The van der Waals surface area contributed by atoms with E-state index in [1.165, 1.54) is 6.07 Å². The average Bonchev–Trinajstić information content (AvgIpc) is 2.45. The van der Waals surface area contributed by atoms with Crippen LogP contribution in [0.2, 0.25) is 5.02 Å². The van der Waals surface area contributed by atoms with Crippen LogP contribution in [0.15, 0.2) is 18.2 Å². The van der Waals surface area contributed by atoms with E-state index in [0.717, 1.165) is 5.56 Å². The molecule has 20 heavy (non-hydrogen) atoms. The summed E-state index contributed by atoms with van der Waals surface area (Å²) < 4.78 is 23.8. The SMILES string of the molecule is COCCN(CCOC)C(CN)c1ccc(Cl)c(F)c1. The Morgan fingerprint density at radius 1 is 1.25 bits per heavy atom. The number of hydrogen-bond acceptors (Lipinski definition) is 4. The molecule has 1 rings (SSSR count). The molecule has 0 spiro atoms. The zero-order valence-corrected chi connectivity index (χ0v) is 12.7. The number of methoxy groups -OCH3 is 2. The van der Waals surface area contributed by atoms with Gasteiger partial charge in [-0.1, -0.05) is 17.7 Å². The third-order valence-corrected chi connectivity index (χ3v) is 3.46. The lowest BCUT2D eigenvalue weighted by molar-refractivity contribution is 0.0890. The van der Waals surface area contributed by atoms with Crippen molar-refractivity contribution in [2.24, 2.45) is 5.73 Å². The van der Waals surface area contributed by atoms with Gasteiger partial charge >= 0.3 is 0 Å². The van der Waals surface area contributed by atoms with Gasteiger partial charge < -0.3 is 15.2 Å². The van der Waals surface area contributed by atoms with E-state index in [-0.39, 0.29) is 11.1 Å². The number of rotatable bonds is 9. The minimum Gasteiger partial charge on any atom is -0.383 e. The lowest BCUT2D eigenvalue weighted by atomic mass is 10.0. The van der Waals surface area contributed by atoms with Gasteiger partial charge in [-0.3, -0.25) is 4.90 Å². The molecule has 0 aromatic heterocycles. The van der Waals surface area contributed by atoms with Crippen molar-refractivity contribution in [2.45, 2.75) is 6.04 Å². The minimum atomic E-state index is -0.430. The van der Waals surface area contributed by atoms with E-state index in [0.29, 0.717) is 32.8 Å². The van der Waals surface area contributed by atoms with Gasteiger partial charge in [0, 0.05) is 39.9 Å². The van der Waals surface area contributed by atoms with Crippen molar-refractivity contribution >= 4 is 11.6 Å². The number of hydrogen-bond donors (Lipinski definition) is 1. The molecule has 0 heterocycles. The quantitative estimate of drug-likeness (QED) is 0.759. The van der Waals surface area contributed by atoms with Crippen LogP contribution in [0.1, 0.15) is 11.6 Å². The van der Waals surface area contributed by atoms with Crippen LogP contribution in [0.4, 0.5) is 4.39 Å². The summed E-state index contributed by atoms with van der Waals surface area (Å²) in [5, 5.41) is 0.116. The summed E-state index contributed by atoms with van der Waals surface area (Å²) in [7, 11) is 3.29. The van der Waals surface area contributed by atoms with E-state index >= 15 is 0 Å². The molecule has 1 unspecified atom stereocenters. The molecule has 6 heteroatoms. The molecule has 1 atom stereocenters. The minimum absolute atomic E-state index is 0.0907. The van der Waals surface area contributed by atoms with Gasteiger partial charge in [0.25, 0.3) is 0 Å². The Hall–Kier alpha value is -0.720. The van der Waals surface area contributed by atoms with Crippen molar-refractivity contribution in [1.82, 2.24) is 4.90 Å². The van der Waals surface area contributed by atoms with Crippen LogP contribution in [0.5, 0.6) is 0 Å². The van der Waals surface area contributed by atoms with Crippen molar-refractivity contribution < 1.29 is 13.9 Å². The topological polar surface area (TPSA) is 47.7 Å².